The molecule has 0 saturated carbocycles. The summed E-state index contributed by atoms with van der Waals surface area (Å²) in [6.45, 7) is 0. The Morgan fingerprint density at radius 3 is 2.86 bits per heavy atom. The van der Waals surface area contributed by atoms with E-state index in [9.17, 15) is 9.32 Å². The number of hydrogen-bond donors (Lipinski definition) is 2. The van der Waals surface area contributed by atoms with Crippen molar-refractivity contribution in [3.05, 3.63) is 42.1 Å². The monoisotopic (exact) mass is 316 g/mol. The number of anilines is 1. The fraction of sp³-hybridized carbons (Fsp3) is 0.200. The molecule has 0 spiro atoms. The minimum Gasteiger partial charge on any atom is -0.508 e. The molecule has 2 aromatic heterocycles. The van der Waals surface area contributed by atoms with E-state index in [4.69, 9.17) is 0 Å². The summed E-state index contributed by atoms with van der Waals surface area (Å²) in [5.74, 6) is 0.422. The van der Waals surface area contributed by atoms with Crippen LogP contribution in [0.4, 0.5) is 5.69 Å². The molecule has 1 aromatic carbocycles. The van der Waals surface area contributed by atoms with E-state index < -0.39 is 10.8 Å². The highest BCUT2D eigenvalue weighted by atomic mass is 32.2. The molecule has 6 nitrogen and oxygen atoms in total. The number of fused-ring (bicyclic) bond motifs is 1. The van der Waals surface area contributed by atoms with Crippen LogP contribution in [0.25, 0.3) is 11.2 Å². The molecule has 3 aromatic rings. The number of rotatable bonds is 4. The van der Waals surface area contributed by atoms with Gasteiger partial charge in [-0.15, -0.1) is 0 Å². The first-order valence-corrected chi connectivity index (χ1v) is 8.05. The third-order valence-electron chi connectivity index (χ3n) is 3.28. The lowest BCUT2D eigenvalue weighted by Crippen LogP contribution is -2.12. The van der Waals surface area contributed by atoms with Crippen molar-refractivity contribution in [1.82, 2.24) is 15.0 Å². The maximum atomic E-state index is 12.6. The van der Waals surface area contributed by atoms with Crippen LogP contribution < -0.4 is 4.90 Å². The molecule has 3 rings (SSSR count). The average Bonchev–Trinajstić information content (AvgIpc) is 2.91. The van der Waals surface area contributed by atoms with Gasteiger partial charge in [-0.2, -0.15) is 0 Å². The molecule has 0 aliphatic carbocycles. The zero-order chi connectivity index (χ0) is 15.7. The van der Waals surface area contributed by atoms with Gasteiger partial charge in [-0.1, -0.05) is 0 Å². The average molecular weight is 316 g/mol. The van der Waals surface area contributed by atoms with Gasteiger partial charge in [0.1, 0.15) is 5.75 Å². The normalized spacial score (nSPS) is 12.5. The lowest BCUT2D eigenvalue weighted by Gasteiger charge is -2.17. The number of benzene rings is 1. The maximum Gasteiger partial charge on any atom is 0.199 e. The zero-order valence-electron chi connectivity index (χ0n) is 12.3. The van der Waals surface area contributed by atoms with E-state index in [-0.39, 0.29) is 11.5 Å². The molecule has 2 heterocycles. The van der Waals surface area contributed by atoms with Crippen molar-refractivity contribution in [3.63, 3.8) is 0 Å². The summed E-state index contributed by atoms with van der Waals surface area (Å²) in [4.78, 5) is 13.3. The number of pyridine rings is 1. The highest BCUT2D eigenvalue weighted by molar-refractivity contribution is 7.84. The predicted octanol–water partition coefficient (Wildman–Crippen LogP) is 2.04. The van der Waals surface area contributed by atoms with Gasteiger partial charge in [0.15, 0.2) is 10.8 Å². The summed E-state index contributed by atoms with van der Waals surface area (Å²) in [5.41, 5.74) is 3.03. The molecule has 1 atom stereocenters. The SMILES string of the molecule is CN(C)c1ccc(O)cc1CS(=O)c1nc2ncccc2[nH]1. The Morgan fingerprint density at radius 2 is 2.14 bits per heavy atom. The highest BCUT2D eigenvalue weighted by Gasteiger charge is 2.14. The zero-order valence-corrected chi connectivity index (χ0v) is 13.1. The molecule has 0 aliphatic heterocycles. The van der Waals surface area contributed by atoms with Gasteiger partial charge < -0.3 is 15.0 Å². The summed E-state index contributed by atoms with van der Waals surface area (Å²) in [5, 5.41) is 10.1. The highest BCUT2D eigenvalue weighted by Crippen LogP contribution is 2.26. The molecule has 114 valence electrons. The molecule has 0 fully saturated rings. The van der Waals surface area contributed by atoms with E-state index in [2.05, 4.69) is 15.0 Å². The number of phenols is 1. The molecular formula is C15H16N4O2S. The number of phenolic OH excluding ortho intramolecular Hbond substituents is 1. The van der Waals surface area contributed by atoms with Gasteiger partial charge in [0.2, 0.25) is 0 Å². The van der Waals surface area contributed by atoms with Crippen LogP contribution in [-0.4, -0.2) is 38.4 Å². The van der Waals surface area contributed by atoms with E-state index in [0.29, 0.717) is 10.8 Å². The van der Waals surface area contributed by atoms with Crippen molar-refractivity contribution in [2.45, 2.75) is 10.9 Å². The smallest absolute Gasteiger partial charge is 0.199 e. The van der Waals surface area contributed by atoms with Crippen LogP contribution in [0.3, 0.4) is 0 Å². The van der Waals surface area contributed by atoms with Gasteiger partial charge in [0.05, 0.1) is 22.1 Å². The Balaban J connectivity index is 1.92. The van der Waals surface area contributed by atoms with Crippen LogP contribution in [0.2, 0.25) is 0 Å². The van der Waals surface area contributed by atoms with E-state index in [1.54, 1.807) is 24.4 Å². The lowest BCUT2D eigenvalue weighted by molar-refractivity contribution is 0.475. The predicted molar refractivity (Wildman–Crippen MR) is 86.4 cm³/mol. The van der Waals surface area contributed by atoms with Gasteiger partial charge in [-0.3, -0.25) is 4.21 Å². The molecule has 1 unspecified atom stereocenters. The fourth-order valence-corrected chi connectivity index (χ4v) is 3.33. The Labute approximate surface area is 130 Å². The van der Waals surface area contributed by atoms with Crippen LogP contribution >= 0.6 is 0 Å². The molecule has 0 radical (unpaired) electrons. The number of nitrogens with one attached hydrogen (secondary N) is 1. The van der Waals surface area contributed by atoms with Crippen molar-refractivity contribution < 1.29 is 9.32 Å². The van der Waals surface area contributed by atoms with Crippen LogP contribution in [0.1, 0.15) is 5.56 Å². The summed E-state index contributed by atoms with van der Waals surface area (Å²) >= 11 is 0. The van der Waals surface area contributed by atoms with E-state index in [1.165, 1.54) is 0 Å². The van der Waals surface area contributed by atoms with Crippen molar-refractivity contribution in [3.8, 4) is 5.75 Å². The second-order valence-corrected chi connectivity index (χ2v) is 6.48. The maximum absolute atomic E-state index is 12.6. The number of hydrogen-bond acceptors (Lipinski definition) is 5. The van der Waals surface area contributed by atoms with E-state index in [1.807, 2.05) is 31.1 Å². The van der Waals surface area contributed by atoms with E-state index >= 15 is 0 Å². The Morgan fingerprint density at radius 1 is 1.32 bits per heavy atom. The Hall–Kier alpha value is -2.41. The molecule has 0 amide bonds. The van der Waals surface area contributed by atoms with Crippen LogP contribution in [-0.2, 0) is 16.6 Å². The molecule has 0 saturated heterocycles. The van der Waals surface area contributed by atoms with E-state index in [0.717, 1.165) is 16.8 Å². The minimum atomic E-state index is -1.35. The third kappa shape index (κ3) is 2.80. The van der Waals surface area contributed by atoms with Crippen LogP contribution in [0, 0.1) is 0 Å². The number of aromatic amines is 1. The number of H-pyrrole nitrogens is 1. The summed E-state index contributed by atoms with van der Waals surface area (Å²) in [6, 6.07) is 8.70. The number of nitrogens with zero attached hydrogens (tertiary/aromatic N) is 3. The number of aromatic hydroxyl groups is 1. The van der Waals surface area contributed by atoms with Gasteiger partial charge >= 0.3 is 0 Å². The van der Waals surface area contributed by atoms with Crippen molar-refractivity contribution in [2.75, 3.05) is 19.0 Å². The van der Waals surface area contributed by atoms with Gasteiger partial charge in [0, 0.05) is 26.0 Å². The topological polar surface area (TPSA) is 82.1 Å². The van der Waals surface area contributed by atoms with Crippen molar-refractivity contribution in [2.24, 2.45) is 0 Å². The standard InChI is InChI=1S/C15H16N4O2S/c1-19(2)13-6-5-11(20)8-10(13)9-22(21)15-17-12-4-3-7-16-14(12)18-15/h3-8,20H,9H2,1-2H3,(H,16,17,18). The van der Waals surface area contributed by atoms with Gasteiger partial charge in [0.25, 0.3) is 0 Å². The Kier molecular flexibility index (Phi) is 3.81. The molecule has 22 heavy (non-hydrogen) atoms. The first-order chi connectivity index (χ1) is 10.5. The number of imidazole rings is 1. The molecule has 7 heteroatoms. The molecule has 0 aliphatic rings. The second kappa shape index (κ2) is 5.76. The second-order valence-electron chi connectivity index (χ2n) is 5.11. The quantitative estimate of drug-likeness (QED) is 0.770. The first-order valence-electron chi connectivity index (χ1n) is 6.73. The molecule has 2 N–H and O–H groups in total. The number of aromatic nitrogens is 3. The third-order valence-corrected chi connectivity index (χ3v) is 4.48. The van der Waals surface area contributed by atoms with Gasteiger partial charge in [-0.05, 0) is 35.9 Å². The molecule has 0 bridgehead atoms. The van der Waals surface area contributed by atoms with Crippen LogP contribution in [0.15, 0.2) is 41.7 Å². The Bertz CT molecular complexity index is 811. The lowest BCUT2D eigenvalue weighted by atomic mass is 10.2. The minimum absolute atomic E-state index is 0.156. The van der Waals surface area contributed by atoms with Crippen molar-refractivity contribution >= 4 is 27.7 Å². The van der Waals surface area contributed by atoms with Crippen LogP contribution in [0.5, 0.6) is 5.75 Å². The van der Waals surface area contributed by atoms with Crippen molar-refractivity contribution in [1.29, 1.82) is 0 Å². The largest absolute Gasteiger partial charge is 0.508 e. The summed E-state index contributed by atoms with van der Waals surface area (Å²) in [7, 11) is 2.47. The summed E-state index contributed by atoms with van der Waals surface area (Å²) < 4.78 is 12.6. The first kappa shape index (κ1) is 14.5. The molecular weight excluding hydrogens is 300 g/mol. The fourth-order valence-electron chi connectivity index (χ4n) is 2.26. The summed E-state index contributed by atoms with van der Waals surface area (Å²) in [6.07, 6.45) is 1.65. The van der Waals surface area contributed by atoms with Gasteiger partial charge in [-0.25, -0.2) is 9.97 Å².